The number of likely N-dealkylation sites (tertiary alicyclic amines) is 1. The van der Waals surface area contributed by atoms with E-state index in [-0.39, 0.29) is 28.3 Å². The lowest BCUT2D eigenvalue weighted by atomic mass is 9.46. The van der Waals surface area contributed by atoms with E-state index in [0.717, 1.165) is 48.3 Å². The van der Waals surface area contributed by atoms with E-state index in [1.54, 1.807) is 0 Å². The summed E-state index contributed by atoms with van der Waals surface area (Å²) in [5.74, 6) is 6.41. The monoisotopic (exact) mass is 523 g/mol. The Kier molecular flexibility index (Phi) is 5.94. The van der Waals surface area contributed by atoms with Gasteiger partial charge in [0.2, 0.25) is 5.91 Å². The Balaban J connectivity index is 1.05. The zero-order valence-corrected chi connectivity index (χ0v) is 24.8. The smallest absolute Gasteiger partial charge is 0.306 e. The second kappa shape index (κ2) is 8.72. The Morgan fingerprint density at radius 2 is 1.61 bits per heavy atom. The average molecular weight is 524 g/mol. The van der Waals surface area contributed by atoms with Crippen LogP contribution in [0.4, 0.5) is 0 Å². The average Bonchev–Trinajstić information content (AvgIpc) is 3.10. The van der Waals surface area contributed by atoms with Crippen molar-refractivity contribution in [2.75, 3.05) is 7.05 Å². The molecule has 8 fully saturated rings. The van der Waals surface area contributed by atoms with E-state index in [4.69, 9.17) is 4.74 Å². The number of nitrogens with zero attached hydrogens (tertiary/aromatic N) is 1. The molecule has 7 saturated carbocycles. The van der Waals surface area contributed by atoms with Gasteiger partial charge in [-0.05, 0) is 142 Å². The highest BCUT2D eigenvalue weighted by Gasteiger charge is 2.63. The maximum absolute atomic E-state index is 13.5. The molecule has 8 rings (SSSR count). The highest BCUT2D eigenvalue weighted by molar-refractivity contribution is 5.77. The number of esters is 1. The molecule has 1 amide bonds. The van der Waals surface area contributed by atoms with E-state index in [9.17, 15) is 9.59 Å². The van der Waals surface area contributed by atoms with Crippen LogP contribution in [0.2, 0.25) is 0 Å². The van der Waals surface area contributed by atoms with Crippen LogP contribution in [0.3, 0.4) is 0 Å². The van der Waals surface area contributed by atoms with Crippen molar-refractivity contribution < 1.29 is 14.3 Å². The summed E-state index contributed by atoms with van der Waals surface area (Å²) in [4.78, 5) is 28.1. The molecule has 8 aliphatic rings. The van der Waals surface area contributed by atoms with Crippen molar-refractivity contribution >= 4 is 11.9 Å². The Morgan fingerprint density at radius 3 is 2.26 bits per heavy atom. The van der Waals surface area contributed by atoms with Crippen LogP contribution in [-0.4, -0.2) is 36.0 Å². The first-order valence-corrected chi connectivity index (χ1v) is 16.5. The Labute approximate surface area is 231 Å². The number of rotatable bonds is 4. The van der Waals surface area contributed by atoms with Crippen LogP contribution < -0.4 is 0 Å². The van der Waals surface area contributed by atoms with Gasteiger partial charge in [-0.1, -0.05) is 20.8 Å². The molecule has 0 aromatic carbocycles. The minimum Gasteiger partial charge on any atom is -0.462 e. The fraction of sp³-hybridized carbons (Fsp3) is 0.941. The quantitative estimate of drug-likeness (QED) is 0.365. The van der Waals surface area contributed by atoms with Crippen molar-refractivity contribution in [3.63, 3.8) is 0 Å². The van der Waals surface area contributed by atoms with Crippen molar-refractivity contribution in [2.24, 2.45) is 63.6 Å². The first-order chi connectivity index (χ1) is 18.0. The number of carbonyl (C=O) groups excluding carboxylic acids is 2. The molecule has 9 atom stereocenters. The number of amides is 1. The number of carbonyl (C=O) groups is 2. The van der Waals surface area contributed by atoms with Crippen molar-refractivity contribution in [1.82, 2.24) is 4.90 Å². The molecule has 2 unspecified atom stereocenters. The van der Waals surface area contributed by atoms with E-state index >= 15 is 0 Å². The van der Waals surface area contributed by atoms with Crippen molar-refractivity contribution in [3.05, 3.63) is 0 Å². The molecule has 0 radical (unpaired) electrons. The zero-order chi connectivity index (χ0) is 26.6. The van der Waals surface area contributed by atoms with Crippen LogP contribution in [-0.2, 0) is 14.3 Å². The predicted octanol–water partition coefficient (Wildman–Crippen LogP) is 7.25. The summed E-state index contributed by atoms with van der Waals surface area (Å²) in [6, 6.07) is 0.424. The van der Waals surface area contributed by atoms with Gasteiger partial charge in [0, 0.05) is 25.4 Å². The highest BCUT2D eigenvalue weighted by Crippen LogP contribution is 2.68. The molecule has 0 spiro atoms. The molecular weight excluding hydrogens is 470 g/mol. The Bertz CT molecular complexity index is 955. The third-order valence-corrected chi connectivity index (χ3v) is 14.5. The van der Waals surface area contributed by atoms with Crippen LogP contribution in [0.5, 0.6) is 0 Å². The van der Waals surface area contributed by atoms with Gasteiger partial charge in [-0.15, -0.1) is 0 Å². The summed E-state index contributed by atoms with van der Waals surface area (Å²) in [5.41, 5.74) is 0.796. The minimum absolute atomic E-state index is 0.0170. The standard InChI is InChI=1S/C34H53NO3/c1-20-12-27-25-6-7-28-32(3,11-9-29(36)35(28)5)26(25)8-10-33(27,4)31(20)21(2)38-30(37)19-34-16-22-13-23(17-34)15-24(14-22)18-34/h20-28,31H,6-19H2,1-5H3/t20?,21?,22?,23?,24?,25-,26+,27+,28-,31-,32-,33+,34?/m1/s1. The van der Waals surface area contributed by atoms with E-state index in [1.165, 1.54) is 70.6 Å². The van der Waals surface area contributed by atoms with Gasteiger partial charge < -0.3 is 9.64 Å². The minimum atomic E-state index is 0.0170. The summed E-state index contributed by atoms with van der Waals surface area (Å²) in [6.07, 6.45) is 16.9. The third-order valence-electron chi connectivity index (χ3n) is 14.5. The van der Waals surface area contributed by atoms with Crippen molar-refractivity contribution in [1.29, 1.82) is 0 Å². The molecule has 4 heteroatoms. The summed E-state index contributed by atoms with van der Waals surface area (Å²) in [7, 11) is 2.06. The fourth-order valence-electron chi connectivity index (χ4n) is 13.7. The molecule has 7 aliphatic carbocycles. The van der Waals surface area contributed by atoms with E-state index in [0.29, 0.717) is 30.2 Å². The predicted molar refractivity (Wildman–Crippen MR) is 149 cm³/mol. The van der Waals surface area contributed by atoms with Gasteiger partial charge >= 0.3 is 5.97 Å². The summed E-state index contributed by atoms with van der Waals surface area (Å²) < 4.78 is 6.44. The third kappa shape index (κ3) is 3.73. The zero-order valence-electron chi connectivity index (χ0n) is 24.8. The Morgan fingerprint density at radius 1 is 0.947 bits per heavy atom. The van der Waals surface area contributed by atoms with Crippen LogP contribution in [0.1, 0.15) is 118 Å². The van der Waals surface area contributed by atoms with Gasteiger partial charge in [-0.25, -0.2) is 0 Å². The number of hydrogen-bond acceptors (Lipinski definition) is 3. The fourth-order valence-corrected chi connectivity index (χ4v) is 13.7. The normalized spacial score (nSPS) is 53.8. The number of ether oxygens (including phenoxy) is 1. The molecule has 212 valence electrons. The van der Waals surface area contributed by atoms with Gasteiger partial charge in [0.25, 0.3) is 0 Å². The molecule has 38 heavy (non-hydrogen) atoms. The summed E-state index contributed by atoms with van der Waals surface area (Å²) in [6.45, 7) is 9.77. The SMILES string of the molecule is CC1C[C@H]2[C@@H]3CC[C@H]4N(C)C(=O)CC[C@]4(C)[C@H]3CC[C@]2(C)[C@H]1C(C)OC(=O)CC12CC3CC(CC(C3)C1)C2. The number of hydrogen-bond donors (Lipinski definition) is 0. The van der Waals surface area contributed by atoms with Gasteiger partial charge in [-0.3, -0.25) is 9.59 Å². The van der Waals surface area contributed by atoms with Gasteiger partial charge in [0.1, 0.15) is 6.10 Å². The van der Waals surface area contributed by atoms with Crippen molar-refractivity contribution in [2.45, 2.75) is 130 Å². The van der Waals surface area contributed by atoms with Gasteiger partial charge in [0.15, 0.2) is 0 Å². The Hall–Kier alpha value is -1.06. The highest BCUT2D eigenvalue weighted by atomic mass is 16.5. The van der Waals surface area contributed by atoms with Crippen LogP contribution in [0.15, 0.2) is 0 Å². The first-order valence-electron chi connectivity index (χ1n) is 16.5. The van der Waals surface area contributed by atoms with E-state index in [1.807, 2.05) is 0 Å². The lowest BCUT2D eigenvalue weighted by Gasteiger charge is -2.62. The van der Waals surface area contributed by atoms with E-state index < -0.39 is 0 Å². The number of fused-ring (bicyclic) bond motifs is 5. The molecule has 4 nitrogen and oxygen atoms in total. The van der Waals surface area contributed by atoms with E-state index in [2.05, 4.69) is 39.6 Å². The molecule has 4 bridgehead atoms. The topological polar surface area (TPSA) is 46.6 Å². The first kappa shape index (κ1) is 25.9. The maximum Gasteiger partial charge on any atom is 0.306 e. The summed E-state index contributed by atoms with van der Waals surface area (Å²) in [5, 5.41) is 0. The summed E-state index contributed by atoms with van der Waals surface area (Å²) >= 11 is 0. The lowest BCUT2D eigenvalue weighted by Crippen LogP contribution is -2.61. The molecule has 1 saturated heterocycles. The molecule has 1 heterocycles. The van der Waals surface area contributed by atoms with Crippen LogP contribution in [0.25, 0.3) is 0 Å². The second-order valence-electron chi connectivity index (χ2n) is 16.6. The molecule has 0 aromatic rings. The largest absolute Gasteiger partial charge is 0.462 e. The van der Waals surface area contributed by atoms with Crippen LogP contribution in [0, 0.1) is 63.6 Å². The molecule has 0 N–H and O–H groups in total. The van der Waals surface area contributed by atoms with Gasteiger partial charge in [0.05, 0.1) is 6.42 Å². The molecule has 1 aliphatic heterocycles. The number of piperidine rings is 1. The lowest BCUT2D eigenvalue weighted by molar-refractivity contribution is -0.169. The molecule has 0 aromatic heterocycles. The second-order valence-corrected chi connectivity index (χ2v) is 16.6. The maximum atomic E-state index is 13.5. The molecular formula is C34H53NO3. The van der Waals surface area contributed by atoms with Crippen molar-refractivity contribution in [3.8, 4) is 0 Å². The van der Waals surface area contributed by atoms with Crippen LogP contribution >= 0.6 is 0 Å². The van der Waals surface area contributed by atoms with Gasteiger partial charge in [-0.2, -0.15) is 0 Å².